The van der Waals surface area contributed by atoms with Gasteiger partial charge in [0.2, 0.25) is 0 Å². The van der Waals surface area contributed by atoms with Gasteiger partial charge in [-0.3, -0.25) is 15.1 Å². The van der Waals surface area contributed by atoms with Crippen molar-refractivity contribution in [3.63, 3.8) is 0 Å². The Morgan fingerprint density at radius 1 is 1.19 bits per heavy atom. The van der Waals surface area contributed by atoms with Crippen molar-refractivity contribution in [2.45, 2.75) is 0 Å². The summed E-state index contributed by atoms with van der Waals surface area (Å²) in [5.74, 6) is -0.221. The molecule has 0 spiro atoms. The maximum atomic E-state index is 12.0. The molecule has 1 aromatic carbocycles. The first-order valence-electron chi connectivity index (χ1n) is 6.25. The van der Waals surface area contributed by atoms with Crippen molar-refractivity contribution in [3.8, 4) is 11.3 Å². The number of hydrogen-bond donors (Lipinski definition) is 2. The molecule has 2 heterocycles. The minimum Gasteiger partial charge on any atom is -0.399 e. The van der Waals surface area contributed by atoms with Gasteiger partial charge in [-0.1, -0.05) is 12.1 Å². The zero-order valence-corrected chi connectivity index (χ0v) is 11.8. The zero-order valence-electron chi connectivity index (χ0n) is 11.0. The molecule has 0 aliphatic carbocycles. The third-order valence-corrected chi connectivity index (χ3v) is 3.61. The van der Waals surface area contributed by atoms with E-state index in [-0.39, 0.29) is 5.91 Å². The zero-order chi connectivity index (χ0) is 14.7. The Morgan fingerprint density at radius 2 is 2.00 bits per heavy atom. The smallest absolute Gasteiger partial charge is 0.259 e. The maximum Gasteiger partial charge on any atom is 0.259 e. The lowest BCUT2D eigenvalue weighted by Crippen LogP contribution is -2.11. The minimum atomic E-state index is -0.221. The number of nitrogen functional groups attached to an aromatic ring is 1. The molecule has 6 heteroatoms. The largest absolute Gasteiger partial charge is 0.399 e. The Bertz CT molecular complexity index is 753. The van der Waals surface area contributed by atoms with E-state index in [2.05, 4.69) is 15.3 Å². The molecule has 0 fully saturated rings. The quantitative estimate of drug-likeness (QED) is 0.728. The molecule has 0 aliphatic rings. The van der Waals surface area contributed by atoms with Crippen LogP contribution in [-0.2, 0) is 0 Å². The first-order chi connectivity index (χ1) is 10.2. The molecule has 0 aliphatic heterocycles. The normalized spacial score (nSPS) is 10.3. The molecular weight excluding hydrogens is 284 g/mol. The highest BCUT2D eigenvalue weighted by Gasteiger charge is 2.09. The van der Waals surface area contributed by atoms with Crippen molar-refractivity contribution in [2.24, 2.45) is 0 Å². The van der Waals surface area contributed by atoms with Gasteiger partial charge < -0.3 is 5.73 Å². The molecular formula is C15H12N4OS. The summed E-state index contributed by atoms with van der Waals surface area (Å²) in [7, 11) is 0. The topological polar surface area (TPSA) is 80.9 Å². The highest BCUT2D eigenvalue weighted by Crippen LogP contribution is 2.25. The van der Waals surface area contributed by atoms with E-state index in [0.29, 0.717) is 16.4 Å². The van der Waals surface area contributed by atoms with Gasteiger partial charge in [-0.25, -0.2) is 4.98 Å². The van der Waals surface area contributed by atoms with E-state index in [4.69, 9.17) is 5.73 Å². The highest BCUT2D eigenvalue weighted by molar-refractivity contribution is 7.14. The van der Waals surface area contributed by atoms with Gasteiger partial charge in [0, 0.05) is 29.0 Å². The molecule has 3 aromatic rings. The number of pyridine rings is 1. The summed E-state index contributed by atoms with van der Waals surface area (Å²) in [5.41, 5.74) is 8.64. The van der Waals surface area contributed by atoms with Gasteiger partial charge >= 0.3 is 0 Å². The number of hydrogen-bond acceptors (Lipinski definition) is 5. The van der Waals surface area contributed by atoms with Crippen LogP contribution < -0.4 is 11.1 Å². The molecule has 1 amide bonds. The van der Waals surface area contributed by atoms with Crippen molar-refractivity contribution < 1.29 is 4.79 Å². The third-order valence-electron chi connectivity index (χ3n) is 2.85. The highest BCUT2D eigenvalue weighted by atomic mass is 32.1. The second kappa shape index (κ2) is 5.72. The van der Waals surface area contributed by atoms with Gasteiger partial charge in [-0.05, 0) is 24.3 Å². The summed E-state index contributed by atoms with van der Waals surface area (Å²) in [6.07, 6.45) is 3.14. The molecule has 0 saturated heterocycles. The molecule has 5 nitrogen and oxygen atoms in total. The predicted molar refractivity (Wildman–Crippen MR) is 84.2 cm³/mol. The molecule has 2 aromatic heterocycles. The van der Waals surface area contributed by atoms with E-state index >= 15 is 0 Å². The van der Waals surface area contributed by atoms with Crippen LogP contribution in [0.15, 0.2) is 54.2 Å². The Morgan fingerprint density at radius 3 is 2.71 bits per heavy atom. The lowest BCUT2D eigenvalue weighted by atomic mass is 10.1. The summed E-state index contributed by atoms with van der Waals surface area (Å²) >= 11 is 1.38. The molecule has 0 unspecified atom stereocenters. The SMILES string of the molecule is Nc1ccc(-c2csc(NC(=O)c3cccnc3)n2)cc1. The fourth-order valence-electron chi connectivity index (χ4n) is 1.78. The number of nitrogens with one attached hydrogen (secondary N) is 1. The minimum absolute atomic E-state index is 0.221. The van der Waals surface area contributed by atoms with Crippen molar-refractivity contribution >= 4 is 28.1 Å². The number of rotatable bonds is 3. The van der Waals surface area contributed by atoms with E-state index in [1.54, 1.807) is 18.3 Å². The van der Waals surface area contributed by atoms with E-state index in [9.17, 15) is 4.79 Å². The Labute approximate surface area is 125 Å². The molecule has 0 bridgehead atoms. The lowest BCUT2D eigenvalue weighted by Gasteiger charge is -2.00. The van der Waals surface area contributed by atoms with Crippen molar-refractivity contribution in [1.82, 2.24) is 9.97 Å². The maximum absolute atomic E-state index is 12.0. The number of benzene rings is 1. The number of carbonyl (C=O) groups excluding carboxylic acids is 1. The van der Waals surface area contributed by atoms with Gasteiger partial charge in [-0.2, -0.15) is 0 Å². The lowest BCUT2D eigenvalue weighted by molar-refractivity contribution is 0.102. The average molecular weight is 296 g/mol. The molecule has 21 heavy (non-hydrogen) atoms. The van der Waals surface area contributed by atoms with E-state index in [1.807, 2.05) is 29.6 Å². The third kappa shape index (κ3) is 3.06. The average Bonchev–Trinajstić information content (AvgIpc) is 2.97. The van der Waals surface area contributed by atoms with Crippen LogP contribution in [0.4, 0.5) is 10.8 Å². The number of carbonyl (C=O) groups is 1. The molecule has 0 radical (unpaired) electrons. The van der Waals surface area contributed by atoms with Crippen LogP contribution in [-0.4, -0.2) is 15.9 Å². The number of thiazole rings is 1. The fourth-order valence-corrected chi connectivity index (χ4v) is 2.50. The van der Waals surface area contributed by atoms with Gasteiger partial charge in [0.25, 0.3) is 5.91 Å². The van der Waals surface area contributed by atoms with Crippen LogP contribution in [0.3, 0.4) is 0 Å². The second-order valence-electron chi connectivity index (χ2n) is 4.36. The second-order valence-corrected chi connectivity index (χ2v) is 5.21. The number of nitrogens with zero attached hydrogens (tertiary/aromatic N) is 2. The predicted octanol–water partition coefficient (Wildman–Crippen LogP) is 3.04. The van der Waals surface area contributed by atoms with Crippen LogP contribution in [0, 0.1) is 0 Å². The van der Waals surface area contributed by atoms with Crippen molar-refractivity contribution in [3.05, 3.63) is 59.7 Å². The molecule has 3 rings (SSSR count). The van der Waals surface area contributed by atoms with E-state index in [1.165, 1.54) is 17.5 Å². The van der Waals surface area contributed by atoms with E-state index < -0.39 is 0 Å². The Kier molecular flexibility index (Phi) is 3.61. The van der Waals surface area contributed by atoms with Crippen LogP contribution in [0.2, 0.25) is 0 Å². The first kappa shape index (κ1) is 13.3. The molecule has 3 N–H and O–H groups in total. The van der Waals surface area contributed by atoms with Crippen LogP contribution in [0.25, 0.3) is 11.3 Å². The van der Waals surface area contributed by atoms with Crippen LogP contribution in [0.1, 0.15) is 10.4 Å². The monoisotopic (exact) mass is 296 g/mol. The summed E-state index contributed by atoms with van der Waals surface area (Å²) in [4.78, 5) is 20.3. The Balaban J connectivity index is 1.76. The van der Waals surface area contributed by atoms with Crippen LogP contribution in [0.5, 0.6) is 0 Å². The van der Waals surface area contributed by atoms with Crippen LogP contribution >= 0.6 is 11.3 Å². The number of amides is 1. The van der Waals surface area contributed by atoms with E-state index in [0.717, 1.165) is 11.3 Å². The summed E-state index contributed by atoms with van der Waals surface area (Å²) < 4.78 is 0. The van der Waals surface area contributed by atoms with Gasteiger partial charge in [0.15, 0.2) is 5.13 Å². The Hall–Kier alpha value is -2.73. The summed E-state index contributed by atoms with van der Waals surface area (Å²) in [5, 5.41) is 5.21. The number of nitrogens with two attached hydrogens (primary N) is 1. The molecule has 104 valence electrons. The van der Waals surface area contributed by atoms with Gasteiger partial charge in [0.1, 0.15) is 0 Å². The van der Waals surface area contributed by atoms with Gasteiger partial charge in [0.05, 0.1) is 11.3 Å². The molecule has 0 saturated carbocycles. The summed E-state index contributed by atoms with van der Waals surface area (Å²) in [6.45, 7) is 0. The fraction of sp³-hybridized carbons (Fsp3) is 0. The number of anilines is 2. The summed E-state index contributed by atoms with van der Waals surface area (Å²) in [6, 6.07) is 10.9. The number of aromatic nitrogens is 2. The van der Waals surface area contributed by atoms with Crippen molar-refractivity contribution in [2.75, 3.05) is 11.1 Å². The first-order valence-corrected chi connectivity index (χ1v) is 7.13. The molecule has 0 atom stereocenters. The van der Waals surface area contributed by atoms with Crippen molar-refractivity contribution in [1.29, 1.82) is 0 Å². The standard InChI is InChI=1S/C15H12N4OS/c16-12-5-3-10(4-6-12)13-9-21-15(18-13)19-14(20)11-2-1-7-17-8-11/h1-9H,16H2,(H,18,19,20). The van der Waals surface area contributed by atoms with Gasteiger partial charge in [-0.15, -0.1) is 11.3 Å².